The van der Waals surface area contributed by atoms with E-state index < -0.39 is 5.82 Å². The molecule has 0 spiro atoms. The minimum atomic E-state index is -0.490. The standard InChI is InChI=1S/C9H11ClFNO2/c1-13-8-4-3-7(10)9(11)6(8)5-12-14-2/h3-4,12H,5H2,1-2H3. The summed E-state index contributed by atoms with van der Waals surface area (Å²) in [6.07, 6.45) is 0. The zero-order valence-corrected chi connectivity index (χ0v) is 8.69. The molecule has 5 heteroatoms. The number of nitrogens with one attached hydrogen (secondary N) is 1. The lowest BCUT2D eigenvalue weighted by Gasteiger charge is -2.10. The van der Waals surface area contributed by atoms with Crippen LogP contribution in [0.3, 0.4) is 0 Å². The molecule has 0 atom stereocenters. The molecule has 78 valence electrons. The highest BCUT2D eigenvalue weighted by Gasteiger charge is 2.12. The second kappa shape index (κ2) is 5.14. The average Bonchev–Trinajstić information content (AvgIpc) is 2.20. The smallest absolute Gasteiger partial charge is 0.150 e. The predicted molar refractivity (Wildman–Crippen MR) is 51.8 cm³/mol. The van der Waals surface area contributed by atoms with Gasteiger partial charge >= 0.3 is 0 Å². The highest BCUT2D eigenvalue weighted by atomic mass is 35.5. The molecule has 0 aromatic heterocycles. The van der Waals surface area contributed by atoms with Crippen molar-refractivity contribution >= 4 is 11.6 Å². The van der Waals surface area contributed by atoms with E-state index in [1.54, 1.807) is 6.07 Å². The molecule has 0 aliphatic carbocycles. The molecule has 0 aliphatic heterocycles. The van der Waals surface area contributed by atoms with Crippen molar-refractivity contribution in [2.75, 3.05) is 14.2 Å². The van der Waals surface area contributed by atoms with Gasteiger partial charge in [-0.25, -0.2) is 4.39 Å². The van der Waals surface area contributed by atoms with Crippen LogP contribution in [0.5, 0.6) is 5.75 Å². The van der Waals surface area contributed by atoms with E-state index in [4.69, 9.17) is 16.3 Å². The number of hydrogen-bond donors (Lipinski definition) is 1. The minimum Gasteiger partial charge on any atom is -0.496 e. The quantitative estimate of drug-likeness (QED) is 0.787. The summed E-state index contributed by atoms with van der Waals surface area (Å²) >= 11 is 5.62. The number of benzene rings is 1. The van der Waals surface area contributed by atoms with Gasteiger partial charge in [0.2, 0.25) is 0 Å². The second-order valence-corrected chi connectivity index (χ2v) is 2.97. The van der Waals surface area contributed by atoms with Gasteiger partial charge in [0, 0.05) is 5.56 Å². The van der Waals surface area contributed by atoms with E-state index in [0.717, 1.165) is 0 Å². The van der Waals surface area contributed by atoms with E-state index in [0.29, 0.717) is 11.3 Å². The van der Waals surface area contributed by atoms with E-state index in [2.05, 4.69) is 10.3 Å². The Labute approximate surface area is 86.7 Å². The largest absolute Gasteiger partial charge is 0.496 e. The lowest BCUT2D eigenvalue weighted by Crippen LogP contribution is -2.13. The molecule has 0 heterocycles. The van der Waals surface area contributed by atoms with Crippen LogP contribution in [0, 0.1) is 5.82 Å². The Morgan fingerprint density at radius 3 is 2.71 bits per heavy atom. The van der Waals surface area contributed by atoms with Crippen molar-refractivity contribution in [2.45, 2.75) is 6.54 Å². The summed E-state index contributed by atoms with van der Waals surface area (Å²) in [5, 5.41) is 0.0682. The summed E-state index contributed by atoms with van der Waals surface area (Å²) in [6.45, 7) is 0.200. The van der Waals surface area contributed by atoms with Gasteiger partial charge in [-0.3, -0.25) is 0 Å². The second-order valence-electron chi connectivity index (χ2n) is 2.57. The molecule has 0 amide bonds. The highest BCUT2D eigenvalue weighted by molar-refractivity contribution is 6.30. The van der Waals surface area contributed by atoms with E-state index in [9.17, 15) is 4.39 Å². The zero-order valence-electron chi connectivity index (χ0n) is 7.93. The van der Waals surface area contributed by atoms with Crippen LogP contribution < -0.4 is 10.2 Å². The monoisotopic (exact) mass is 219 g/mol. The zero-order chi connectivity index (χ0) is 10.6. The third kappa shape index (κ3) is 2.35. The predicted octanol–water partition coefficient (Wildman–Crippen LogP) is 2.14. The molecule has 0 fully saturated rings. The summed E-state index contributed by atoms with van der Waals surface area (Å²) < 4.78 is 18.4. The molecular weight excluding hydrogens is 209 g/mol. The molecule has 14 heavy (non-hydrogen) atoms. The van der Waals surface area contributed by atoms with Crippen LogP contribution in [0.25, 0.3) is 0 Å². The van der Waals surface area contributed by atoms with Crippen molar-refractivity contribution in [1.29, 1.82) is 0 Å². The van der Waals surface area contributed by atoms with Crippen LogP contribution in [0.4, 0.5) is 4.39 Å². The van der Waals surface area contributed by atoms with E-state index >= 15 is 0 Å². The summed E-state index contributed by atoms with van der Waals surface area (Å²) in [5.74, 6) is -0.0491. The number of hydrogen-bond acceptors (Lipinski definition) is 3. The van der Waals surface area contributed by atoms with E-state index in [1.807, 2.05) is 0 Å². The van der Waals surface area contributed by atoms with Crippen molar-refractivity contribution in [2.24, 2.45) is 0 Å². The Balaban J connectivity index is 3.01. The number of methoxy groups -OCH3 is 1. The first-order chi connectivity index (χ1) is 6.70. The number of halogens is 2. The van der Waals surface area contributed by atoms with Crippen molar-refractivity contribution in [1.82, 2.24) is 5.48 Å². The SMILES string of the molecule is CONCc1c(OC)ccc(Cl)c1F. The number of rotatable bonds is 4. The maximum atomic E-state index is 13.5. The molecule has 1 rings (SSSR count). The van der Waals surface area contributed by atoms with Gasteiger partial charge in [-0.1, -0.05) is 11.6 Å². The Morgan fingerprint density at radius 1 is 1.43 bits per heavy atom. The highest BCUT2D eigenvalue weighted by Crippen LogP contribution is 2.26. The third-order valence-electron chi connectivity index (χ3n) is 1.77. The van der Waals surface area contributed by atoms with Crippen LogP contribution >= 0.6 is 11.6 Å². The third-order valence-corrected chi connectivity index (χ3v) is 2.06. The van der Waals surface area contributed by atoms with Crippen molar-refractivity contribution in [3.8, 4) is 5.75 Å². The van der Waals surface area contributed by atoms with Crippen LogP contribution in [-0.4, -0.2) is 14.2 Å². The molecule has 0 saturated heterocycles. The number of ether oxygens (including phenoxy) is 1. The lowest BCUT2D eigenvalue weighted by atomic mass is 10.2. The molecule has 0 saturated carbocycles. The Hall–Kier alpha value is -0.840. The van der Waals surface area contributed by atoms with Crippen molar-refractivity contribution < 1.29 is 14.0 Å². The number of hydroxylamine groups is 1. The van der Waals surface area contributed by atoms with Gasteiger partial charge in [0.05, 0.1) is 25.8 Å². The van der Waals surface area contributed by atoms with Crippen LogP contribution in [0.1, 0.15) is 5.56 Å². The topological polar surface area (TPSA) is 30.5 Å². The van der Waals surface area contributed by atoms with Gasteiger partial charge in [-0.05, 0) is 12.1 Å². The molecule has 1 N–H and O–H groups in total. The molecule has 3 nitrogen and oxygen atoms in total. The minimum absolute atomic E-state index is 0.0682. The van der Waals surface area contributed by atoms with Gasteiger partial charge in [-0.15, -0.1) is 0 Å². The molecule has 1 aromatic rings. The van der Waals surface area contributed by atoms with Crippen molar-refractivity contribution in [3.63, 3.8) is 0 Å². The van der Waals surface area contributed by atoms with Crippen molar-refractivity contribution in [3.05, 3.63) is 28.5 Å². The van der Waals surface area contributed by atoms with Gasteiger partial charge in [0.15, 0.2) is 0 Å². The Kier molecular flexibility index (Phi) is 4.13. The molecule has 0 aliphatic rings. The average molecular weight is 220 g/mol. The van der Waals surface area contributed by atoms with Gasteiger partial charge in [-0.2, -0.15) is 5.48 Å². The van der Waals surface area contributed by atoms with Gasteiger partial charge < -0.3 is 9.57 Å². The van der Waals surface area contributed by atoms with Crippen LogP contribution in [0.15, 0.2) is 12.1 Å². The maximum absolute atomic E-state index is 13.5. The molecule has 1 aromatic carbocycles. The first kappa shape index (κ1) is 11.2. The maximum Gasteiger partial charge on any atom is 0.150 e. The molecule has 0 unspecified atom stereocenters. The fourth-order valence-corrected chi connectivity index (χ4v) is 1.25. The summed E-state index contributed by atoms with van der Waals surface area (Å²) in [6, 6.07) is 3.06. The molecular formula is C9H11ClFNO2. The van der Waals surface area contributed by atoms with E-state index in [1.165, 1.54) is 20.3 Å². The lowest BCUT2D eigenvalue weighted by molar-refractivity contribution is 0.0853. The van der Waals surface area contributed by atoms with Gasteiger partial charge in [0.1, 0.15) is 11.6 Å². The first-order valence-corrected chi connectivity index (χ1v) is 4.35. The fourth-order valence-electron chi connectivity index (χ4n) is 1.08. The summed E-state index contributed by atoms with van der Waals surface area (Å²) in [7, 11) is 2.92. The fraction of sp³-hybridized carbons (Fsp3) is 0.333. The van der Waals surface area contributed by atoms with Crippen LogP contribution in [0.2, 0.25) is 5.02 Å². The van der Waals surface area contributed by atoms with E-state index in [-0.39, 0.29) is 11.6 Å². The first-order valence-electron chi connectivity index (χ1n) is 3.97. The Bertz CT molecular complexity index is 320. The molecule has 0 bridgehead atoms. The Morgan fingerprint density at radius 2 is 2.14 bits per heavy atom. The van der Waals surface area contributed by atoms with Gasteiger partial charge in [0.25, 0.3) is 0 Å². The summed E-state index contributed by atoms with van der Waals surface area (Å²) in [4.78, 5) is 4.62. The van der Waals surface area contributed by atoms with Crippen LogP contribution in [-0.2, 0) is 11.4 Å². The normalized spacial score (nSPS) is 10.3. The molecule has 0 radical (unpaired) electrons. The summed E-state index contributed by atoms with van der Waals surface area (Å²) in [5.41, 5.74) is 2.88.